The van der Waals surface area contributed by atoms with Crippen molar-refractivity contribution < 1.29 is 12.3 Å². The molecule has 1 heterocycles. The molecular weight excluding hydrogens is 192 g/mol. The van der Waals surface area contributed by atoms with Gasteiger partial charge < -0.3 is 4.12 Å². The Bertz CT molecular complexity index is 143. The fourth-order valence-electron chi connectivity index (χ4n) is 1.35. The van der Waals surface area contributed by atoms with E-state index in [2.05, 4.69) is 26.2 Å². The summed E-state index contributed by atoms with van der Waals surface area (Å²) in [5, 5.41) is 0. The largest absolute Gasteiger partial charge is 0.622 e. The lowest BCUT2D eigenvalue weighted by atomic mass is 11.9. The van der Waals surface area contributed by atoms with Gasteiger partial charge in [0.05, 0.1) is 0 Å². The molecule has 6 heteroatoms. The lowest BCUT2D eigenvalue weighted by Gasteiger charge is -2.32. The summed E-state index contributed by atoms with van der Waals surface area (Å²) >= 11 is 0. The molecule has 11 heavy (non-hydrogen) atoms. The van der Waals surface area contributed by atoms with E-state index in [1.807, 2.05) is 6.55 Å². The van der Waals surface area contributed by atoms with Gasteiger partial charge >= 0.3 is 26.4 Å². The van der Waals surface area contributed by atoms with Gasteiger partial charge in [-0.25, -0.2) is 8.23 Å². The molecule has 0 aromatic carbocycles. The molecule has 0 N–H and O–H groups in total. The first-order valence-electron chi connectivity index (χ1n) is 3.72. The molecule has 0 spiro atoms. The molecule has 0 aromatic rings. The van der Waals surface area contributed by atoms with Crippen LogP contribution < -0.4 is 0 Å². The molecule has 1 fully saturated rings. The van der Waals surface area contributed by atoms with Crippen LogP contribution in [-0.4, -0.2) is 26.4 Å². The van der Waals surface area contributed by atoms with E-state index in [1.54, 1.807) is 0 Å². The zero-order valence-corrected chi connectivity index (χ0v) is 10.7. The van der Waals surface area contributed by atoms with Crippen molar-refractivity contribution in [1.29, 1.82) is 0 Å². The average Bonchev–Trinajstić information content (AvgIpc) is 1.49. The van der Waals surface area contributed by atoms with Crippen LogP contribution >= 0.6 is 0 Å². The Morgan fingerprint density at radius 1 is 0.909 bits per heavy atom. The molecule has 0 bridgehead atoms. The van der Waals surface area contributed by atoms with Gasteiger partial charge in [0.2, 0.25) is 0 Å². The van der Waals surface area contributed by atoms with E-state index in [0.717, 1.165) is 0 Å². The lowest BCUT2D eigenvalue weighted by molar-refractivity contribution is 0.255. The number of hydrogen-bond donors (Lipinski definition) is 0. The maximum atomic E-state index is 5.79. The minimum Gasteiger partial charge on any atom is -0.411 e. The van der Waals surface area contributed by atoms with Gasteiger partial charge in [0.15, 0.2) is 0 Å². The van der Waals surface area contributed by atoms with Gasteiger partial charge in [-0.15, -0.1) is 0 Å². The third-order valence-corrected chi connectivity index (χ3v) is 11.4. The van der Waals surface area contributed by atoms with Crippen molar-refractivity contribution in [3.05, 3.63) is 0 Å². The van der Waals surface area contributed by atoms with E-state index < -0.39 is 26.4 Å². The molecule has 0 atom stereocenters. The molecule has 3 nitrogen and oxygen atoms in total. The van der Waals surface area contributed by atoms with Crippen LogP contribution in [0.25, 0.3) is 0 Å². The van der Waals surface area contributed by atoms with Crippen LogP contribution in [0.4, 0.5) is 0 Å². The van der Waals surface area contributed by atoms with E-state index in [0.29, 0.717) is 0 Å². The fraction of sp³-hybridized carbons (Fsp3) is 1.00. The van der Waals surface area contributed by atoms with Gasteiger partial charge in [0.25, 0.3) is 0 Å². The van der Waals surface area contributed by atoms with Crippen LogP contribution in [0.2, 0.25) is 32.7 Å². The number of rotatable bonds is 0. The van der Waals surface area contributed by atoms with Crippen molar-refractivity contribution in [2.45, 2.75) is 32.7 Å². The Morgan fingerprint density at radius 3 is 1.55 bits per heavy atom. The summed E-state index contributed by atoms with van der Waals surface area (Å²) in [6.45, 7) is 10.4. The molecule has 1 aliphatic heterocycles. The second kappa shape index (κ2) is 2.79. The maximum absolute atomic E-state index is 5.79. The topological polar surface area (TPSA) is 27.7 Å². The molecule has 64 valence electrons. The molecule has 0 aliphatic carbocycles. The quantitative estimate of drug-likeness (QED) is 0.564. The highest BCUT2D eigenvalue weighted by Crippen LogP contribution is 2.23. The summed E-state index contributed by atoms with van der Waals surface area (Å²) in [7, 11) is -4.62. The van der Waals surface area contributed by atoms with Crippen molar-refractivity contribution in [3.63, 3.8) is 0 Å². The van der Waals surface area contributed by atoms with Gasteiger partial charge in [-0.05, 0) is 26.2 Å². The van der Waals surface area contributed by atoms with Crippen molar-refractivity contribution >= 4 is 26.4 Å². The van der Waals surface area contributed by atoms with Crippen molar-refractivity contribution in [2.24, 2.45) is 0 Å². The molecular formula is C5H15O3Si3+. The molecule has 0 unspecified atom stereocenters. The predicted molar refractivity (Wildman–Crippen MR) is 49.8 cm³/mol. The minimum atomic E-state index is -1.81. The van der Waals surface area contributed by atoms with E-state index in [1.165, 1.54) is 0 Å². The lowest BCUT2D eigenvalue weighted by Crippen LogP contribution is -2.58. The normalized spacial score (nSPS) is 28.6. The summed E-state index contributed by atoms with van der Waals surface area (Å²) in [5.74, 6) is 0. The molecule has 1 aliphatic rings. The van der Waals surface area contributed by atoms with Crippen molar-refractivity contribution in [2.75, 3.05) is 0 Å². The van der Waals surface area contributed by atoms with Crippen LogP contribution in [-0.2, 0) is 12.3 Å². The van der Waals surface area contributed by atoms with Crippen LogP contribution in [0, 0.1) is 0 Å². The summed E-state index contributed by atoms with van der Waals surface area (Å²) < 4.78 is 17.1. The Labute approximate surface area is 72.0 Å². The maximum Gasteiger partial charge on any atom is 0.622 e. The fourth-order valence-corrected chi connectivity index (χ4v) is 13.2. The van der Waals surface area contributed by atoms with Crippen LogP contribution in [0.3, 0.4) is 0 Å². The highest BCUT2D eigenvalue weighted by Gasteiger charge is 2.54. The second-order valence-corrected chi connectivity index (χ2v) is 12.6. The zero-order valence-electron chi connectivity index (χ0n) is 7.72. The molecule has 0 saturated carbocycles. The van der Waals surface area contributed by atoms with Gasteiger partial charge in [-0.2, -0.15) is 0 Å². The SMILES string of the molecule is C[Si+]1O[Si](C)(C)O[Si](C)(C)O1. The first-order chi connectivity index (χ1) is 4.81. The zero-order chi connectivity index (χ0) is 8.70. The van der Waals surface area contributed by atoms with Crippen molar-refractivity contribution in [1.82, 2.24) is 0 Å². The predicted octanol–water partition coefficient (Wildman–Crippen LogP) is 1.57. The molecule has 0 amide bonds. The smallest absolute Gasteiger partial charge is 0.411 e. The monoisotopic (exact) mass is 207 g/mol. The Hall–Kier alpha value is 0.531. The standard InChI is InChI=1S/C5H15O3Si3/c1-9-6-10(2,3)8-11(4,5)7-9/h1-5H3/q+1. The van der Waals surface area contributed by atoms with Gasteiger partial charge in [0, 0.05) is 0 Å². The molecule has 0 aromatic heterocycles. The number of hydrogen-bond acceptors (Lipinski definition) is 3. The first kappa shape index (κ1) is 9.62. The molecule has 1 saturated heterocycles. The molecule has 0 radical (unpaired) electrons. The summed E-state index contributed by atoms with van der Waals surface area (Å²) in [6, 6.07) is 0. The minimum absolute atomic E-state index is 1.01. The highest BCUT2D eigenvalue weighted by atomic mass is 28.5. The Balaban J connectivity index is 2.66. The van der Waals surface area contributed by atoms with E-state index in [4.69, 9.17) is 12.3 Å². The first-order valence-corrected chi connectivity index (χ1v) is 11.2. The van der Waals surface area contributed by atoms with Crippen LogP contribution in [0.5, 0.6) is 0 Å². The second-order valence-electron chi connectivity index (χ2n) is 3.60. The third-order valence-electron chi connectivity index (χ3n) is 1.27. The summed E-state index contributed by atoms with van der Waals surface area (Å²) in [5.41, 5.74) is 0. The summed E-state index contributed by atoms with van der Waals surface area (Å²) in [4.78, 5) is 0. The van der Waals surface area contributed by atoms with Gasteiger partial charge in [0.1, 0.15) is 6.55 Å². The van der Waals surface area contributed by atoms with Crippen molar-refractivity contribution in [3.8, 4) is 0 Å². The third kappa shape index (κ3) is 2.80. The summed E-state index contributed by atoms with van der Waals surface area (Å²) in [6.07, 6.45) is 0. The molecule has 1 rings (SSSR count). The van der Waals surface area contributed by atoms with Crippen LogP contribution in [0.15, 0.2) is 0 Å². The van der Waals surface area contributed by atoms with Crippen LogP contribution in [0.1, 0.15) is 0 Å². The Morgan fingerprint density at radius 2 is 1.27 bits per heavy atom. The Kier molecular flexibility index (Phi) is 2.44. The van der Waals surface area contributed by atoms with E-state index in [9.17, 15) is 0 Å². The van der Waals surface area contributed by atoms with Gasteiger partial charge in [-0.1, -0.05) is 0 Å². The van der Waals surface area contributed by atoms with Gasteiger partial charge in [-0.3, -0.25) is 0 Å². The average molecular weight is 207 g/mol. The highest BCUT2D eigenvalue weighted by molar-refractivity contribution is 6.87. The van der Waals surface area contributed by atoms with E-state index >= 15 is 0 Å². The van der Waals surface area contributed by atoms with E-state index in [-0.39, 0.29) is 0 Å².